The first kappa shape index (κ1) is 22.6. The molecule has 0 unspecified atom stereocenters. The van der Waals surface area contributed by atoms with Gasteiger partial charge in [0, 0.05) is 37.2 Å². The summed E-state index contributed by atoms with van der Waals surface area (Å²) in [6.07, 6.45) is 1.52. The van der Waals surface area contributed by atoms with Crippen LogP contribution in [0.25, 0.3) is 0 Å². The summed E-state index contributed by atoms with van der Waals surface area (Å²) in [5.41, 5.74) is 8.30. The van der Waals surface area contributed by atoms with E-state index < -0.39 is 0 Å². The maximum atomic E-state index is 12.2. The highest BCUT2D eigenvalue weighted by Gasteiger charge is 2.08. The van der Waals surface area contributed by atoms with Gasteiger partial charge < -0.3 is 25.1 Å². The van der Waals surface area contributed by atoms with Crippen molar-refractivity contribution in [1.82, 2.24) is 10.9 Å². The summed E-state index contributed by atoms with van der Waals surface area (Å²) < 4.78 is 10.4. The second kappa shape index (κ2) is 10.8. The molecule has 2 amide bonds. The molecule has 0 radical (unpaired) electrons. The van der Waals surface area contributed by atoms with Gasteiger partial charge in [0.15, 0.2) is 11.5 Å². The zero-order chi connectivity index (χ0) is 22.1. The average Bonchev–Trinajstić information content (AvgIpc) is 2.72. The average molecular weight is 412 g/mol. The number of amides is 2. The molecule has 0 aliphatic rings. The predicted octanol–water partition coefficient (Wildman–Crippen LogP) is 2.48. The molecule has 8 heteroatoms. The Hall–Kier alpha value is -3.68. The summed E-state index contributed by atoms with van der Waals surface area (Å²) in [6, 6.07) is 12.8. The summed E-state index contributed by atoms with van der Waals surface area (Å²) in [5.74, 6) is 0.601. The molecule has 0 fully saturated rings. The van der Waals surface area contributed by atoms with E-state index in [0.717, 1.165) is 11.3 Å². The first-order valence-electron chi connectivity index (χ1n) is 9.34. The Morgan fingerprint density at radius 2 is 1.63 bits per heavy atom. The third-order valence-electron chi connectivity index (χ3n) is 4.21. The molecule has 0 spiro atoms. The lowest BCUT2D eigenvalue weighted by Crippen LogP contribution is -2.37. The topological polar surface area (TPSA) is 91.9 Å². The minimum absolute atomic E-state index is 0.144. The Morgan fingerprint density at radius 1 is 0.967 bits per heavy atom. The summed E-state index contributed by atoms with van der Waals surface area (Å²) in [4.78, 5) is 26.3. The molecule has 3 N–H and O–H groups in total. The van der Waals surface area contributed by atoms with Crippen molar-refractivity contribution in [3.05, 3.63) is 59.8 Å². The Kier molecular flexibility index (Phi) is 8.10. The predicted molar refractivity (Wildman–Crippen MR) is 118 cm³/mol. The van der Waals surface area contributed by atoms with Crippen LogP contribution in [-0.2, 0) is 16.0 Å². The van der Waals surface area contributed by atoms with E-state index in [1.54, 1.807) is 39.3 Å². The second-order valence-corrected chi connectivity index (χ2v) is 6.80. The van der Waals surface area contributed by atoms with Crippen LogP contribution in [0.5, 0.6) is 11.5 Å². The summed E-state index contributed by atoms with van der Waals surface area (Å²) in [5, 5.41) is 2.78. The molecule has 0 heterocycles. The molecule has 2 rings (SSSR count). The number of carbonyl (C=O) groups excluding carboxylic acids is 2. The molecule has 30 heavy (non-hydrogen) atoms. The van der Waals surface area contributed by atoms with Gasteiger partial charge in [0.05, 0.1) is 20.6 Å². The monoisotopic (exact) mass is 412 g/mol. The Morgan fingerprint density at radius 3 is 2.23 bits per heavy atom. The number of nitrogens with one attached hydrogen (secondary N) is 3. The SMILES string of the molecule is COc1ccc(CC(=O)NN/C(C)=C/C(=O)Nc2ccc(N(C)C)cc2)cc1OC. The minimum Gasteiger partial charge on any atom is -0.493 e. The van der Waals surface area contributed by atoms with Crippen LogP contribution in [0.15, 0.2) is 54.2 Å². The van der Waals surface area contributed by atoms with Crippen LogP contribution in [0.3, 0.4) is 0 Å². The van der Waals surface area contributed by atoms with Crippen molar-refractivity contribution in [2.75, 3.05) is 38.5 Å². The Bertz CT molecular complexity index is 908. The molecular formula is C22H28N4O4. The van der Waals surface area contributed by atoms with Crippen LogP contribution < -0.4 is 30.5 Å². The molecule has 160 valence electrons. The van der Waals surface area contributed by atoms with Crippen molar-refractivity contribution in [3.63, 3.8) is 0 Å². The zero-order valence-corrected chi connectivity index (χ0v) is 17.9. The smallest absolute Gasteiger partial charge is 0.250 e. The largest absolute Gasteiger partial charge is 0.493 e. The van der Waals surface area contributed by atoms with Gasteiger partial charge in [-0.05, 0) is 48.9 Å². The van der Waals surface area contributed by atoms with Crippen LogP contribution in [0.4, 0.5) is 11.4 Å². The lowest BCUT2D eigenvalue weighted by molar-refractivity contribution is -0.121. The number of allylic oxidation sites excluding steroid dienone is 1. The number of hydrazine groups is 1. The lowest BCUT2D eigenvalue weighted by atomic mass is 10.1. The molecule has 0 aromatic heterocycles. The molecular weight excluding hydrogens is 384 g/mol. The number of carbonyl (C=O) groups is 2. The summed E-state index contributed by atoms with van der Waals surface area (Å²) in [7, 11) is 6.99. The zero-order valence-electron chi connectivity index (χ0n) is 17.9. The lowest BCUT2D eigenvalue weighted by Gasteiger charge is -2.13. The van der Waals surface area contributed by atoms with E-state index in [9.17, 15) is 9.59 Å². The van der Waals surface area contributed by atoms with Crippen LogP contribution in [0.2, 0.25) is 0 Å². The standard InChI is InChI=1S/C22H28N4O4/c1-15(12-21(27)23-17-7-9-18(10-8-17)26(2)3)24-25-22(28)14-16-6-11-19(29-4)20(13-16)30-5/h6-13,24H,14H2,1-5H3,(H,23,27)(H,25,28)/b15-12+. The van der Waals surface area contributed by atoms with Crippen LogP contribution in [0, 0.1) is 0 Å². The highest BCUT2D eigenvalue weighted by Crippen LogP contribution is 2.27. The van der Waals surface area contributed by atoms with Crippen LogP contribution in [-0.4, -0.2) is 40.1 Å². The molecule has 0 saturated heterocycles. The van der Waals surface area contributed by atoms with Crippen molar-refractivity contribution in [2.45, 2.75) is 13.3 Å². The fourth-order valence-electron chi connectivity index (χ4n) is 2.64. The van der Waals surface area contributed by atoms with Crippen molar-refractivity contribution in [1.29, 1.82) is 0 Å². The van der Waals surface area contributed by atoms with Gasteiger partial charge in [-0.25, -0.2) is 0 Å². The first-order valence-corrected chi connectivity index (χ1v) is 9.34. The number of methoxy groups -OCH3 is 2. The normalized spacial score (nSPS) is 10.8. The van der Waals surface area contributed by atoms with Crippen molar-refractivity contribution >= 4 is 23.2 Å². The Balaban J connectivity index is 1.85. The van der Waals surface area contributed by atoms with E-state index in [1.807, 2.05) is 43.3 Å². The van der Waals surface area contributed by atoms with E-state index in [1.165, 1.54) is 6.08 Å². The molecule has 0 bridgehead atoms. The third kappa shape index (κ3) is 6.73. The van der Waals surface area contributed by atoms with Gasteiger partial charge >= 0.3 is 0 Å². The van der Waals surface area contributed by atoms with Gasteiger partial charge in [0.25, 0.3) is 0 Å². The molecule has 0 atom stereocenters. The quantitative estimate of drug-likeness (QED) is 0.433. The molecule has 0 saturated carbocycles. The molecule has 8 nitrogen and oxygen atoms in total. The number of hydrogen-bond donors (Lipinski definition) is 3. The van der Waals surface area contributed by atoms with E-state index in [2.05, 4.69) is 16.2 Å². The highest BCUT2D eigenvalue weighted by molar-refractivity contribution is 5.99. The molecule has 2 aromatic carbocycles. The van der Waals surface area contributed by atoms with Gasteiger partial charge in [-0.1, -0.05) is 6.07 Å². The van der Waals surface area contributed by atoms with Gasteiger partial charge in [-0.15, -0.1) is 0 Å². The number of anilines is 2. The van der Waals surface area contributed by atoms with Gasteiger partial charge in [-0.2, -0.15) is 0 Å². The van der Waals surface area contributed by atoms with Crippen molar-refractivity contribution < 1.29 is 19.1 Å². The fraction of sp³-hybridized carbons (Fsp3) is 0.273. The Labute approximate surface area is 176 Å². The van der Waals surface area contributed by atoms with Crippen LogP contribution in [0.1, 0.15) is 12.5 Å². The van der Waals surface area contributed by atoms with E-state index in [0.29, 0.717) is 22.9 Å². The van der Waals surface area contributed by atoms with Gasteiger partial charge in [-0.3, -0.25) is 15.0 Å². The number of rotatable bonds is 9. The van der Waals surface area contributed by atoms with E-state index >= 15 is 0 Å². The molecule has 0 aliphatic carbocycles. The van der Waals surface area contributed by atoms with Gasteiger partial charge in [0.2, 0.25) is 11.8 Å². The maximum Gasteiger partial charge on any atom is 0.250 e. The number of hydrogen-bond acceptors (Lipinski definition) is 6. The highest BCUT2D eigenvalue weighted by atomic mass is 16.5. The van der Waals surface area contributed by atoms with Crippen LogP contribution >= 0.6 is 0 Å². The number of nitrogens with zero attached hydrogens (tertiary/aromatic N) is 1. The van der Waals surface area contributed by atoms with E-state index in [-0.39, 0.29) is 18.2 Å². The van der Waals surface area contributed by atoms with E-state index in [4.69, 9.17) is 9.47 Å². The van der Waals surface area contributed by atoms with Crippen molar-refractivity contribution in [3.8, 4) is 11.5 Å². The second-order valence-electron chi connectivity index (χ2n) is 6.80. The van der Waals surface area contributed by atoms with Crippen molar-refractivity contribution in [2.24, 2.45) is 0 Å². The number of ether oxygens (including phenoxy) is 2. The summed E-state index contributed by atoms with van der Waals surface area (Å²) >= 11 is 0. The summed E-state index contributed by atoms with van der Waals surface area (Å²) in [6.45, 7) is 1.69. The molecule has 2 aromatic rings. The maximum absolute atomic E-state index is 12.2. The first-order chi connectivity index (χ1) is 14.3. The minimum atomic E-state index is -0.299. The third-order valence-corrected chi connectivity index (χ3v) is 4.21. The fourth-order valence-corrected chi connectivity index (χ4v) is 2.64. The molecule has 0 aliphatic heterocycles. The number of benzene rings is 2. The van der Waals surface area contributed by atoms with Gasteiger partial charge in [0.1, 0.15) is 0 Å².